The van der Waals surface area contributed by atoms with E-state index < -0.39 is 0 Å². The van der Waals surface area contributed by atoms with E-state index in [0.29, 0.717) is 0 Å². The van der Waals surface area contributed by atoms with Gasteiger partial charge in [0.25, 0.3) is 0 Å². The molecule has 0 unspecified atom stereocenters. The van der Waals surface area contributed by atoms with Crippen molar-refractivity contribution in [1.29, 1.82) is 0 Å². The van der Waals surface area contributed by atoms with Crippen LogP contribution in [-0.4, -0.2) is 0 Å². The molecule has 180 valence electrons. The maximum atomic E-state index is 6.12. The van der Waals surface area contributed by atoms with E-state index in [0.717, 1.165) is 50.5 Å². The van der Waals surface area contributed by atoms with Crippen LogP contribution in [-0.2, 0) is 0 Å². The average Bonchev–Trinajstić information content (AvgIpc) is 3.43. The predicted molar refractivity (Wildman–Crippen MR) is 159 cm³/mol. The summed E-state index contributed by atoms with van der Waals surface area (Å²) in [6.45, 7) is 0. The van der Waals surface area contributed by atoms with Crippen LogP contribution in [0.2, 0.25) is 0 Å². The summed E-state index contributed by atoms with van der Waals surface area (Å²) >= 11 is 0. The molecule has 7 rings (SSSR count). The van der Waals surface area contributed by atoms with E-state index in [1.165, 1.54) is 10.8 Å². The molecule has 1 aromatic heterocycles. The Hall–Kier alpha value is -5.08. The maximum absolute atomic E-state index is 6.12. The lowest BCUT2D eigenvalue weighted by Crippen LogP contribution is -2.10. The standard InChI is InChI=1S/C36H25NO/c1-2-15-31(16-3-1)37(34-18-9-12-27-10-4-6-17-33(27)34)32-22-20-26(21-23-32)28-13-8-14-29(24-28)36-25-30-11-5-7-19-35(30)38-36/h1-25H. The summed E-state index contributed by atoms with van der Waals surface area (Å²) in [5.74, 6) is 0.885. The Labute approximate surface area is 222 Å². The molecule has 0 aliphatic heterocycles. The van der Waals surface area contributed by atoms with Crippen molar-refractivity contribution in [3.63, 3.8) is 0 Å². The van der Waals surface area contributed by atoms with E-state index in [-0.39, 0.29) is 0 Å². The third-order valence-electron chi connectivity index (χ3n) is 7.05. The average molecular weight is 488 g/mol. The molecule has 0 fully saturated rings. The summed E-state index contributed by atoms with van der Waals surface area (Å²) in [5.41, 5.74) is 7.71. The number of furan rings is 1. The lowest BCUT2D eigenvalue weighted by atomic mass is 10.0. The highest BCUT2D eigenvalue weighted by Crippen LogP contribution is 2.39. The van der Waals surface area contributed by atoms with Crippen LogP contribution in [0.4, 0.5) is 17.1 Å². The SMILES string of the molecule is c1ccc(N(c2ccc(-c3cccc(-c4cc5ccccc5o4)c3)cc2)c2cccc3ccccc23)cc1. The quantitative estimate of drug-likeness (QED) is 0.240. The zero-order chi connectivity index (χ0) is 25.3. The van der Waals surface area contributed by atoms with E-state index in [1.807, 2.05) is 18.2 Å². The third-order valence-corrected chi connectivity index (χ3v) is 7.05. The summed E-state index contributed by atoms with van der Waals surface area (Å²) in [6.07, 6.45) is 0. The second-order valence-corrected chi connectivity index (χ2v) is 9.45. The van der Waals surface area contributed by atoms with Gasteiger partial charge in [-0.25, -0.2) is 0 Å². The van der Waals surface area contributed by atoms with Crippen LogP contribution in [0.5, 0.6) is 0 Å². The molecule has 0 aliphatic rings. The number of para-hydroxylation sites is 2. The molecule has 0 spiro atoms. The van der Waals surface area contributed by atoms with Crippen molar-refractivity contribution in [3.8, 4) is 22.5 Å². The number of benzene rings is 6. The fourth-order valence-corrected chi connectivity index (χ4v) is 5.19. The normalized spacial score (nSPS) is 11.2. The van der Waals surface area contributed by atoms with Crippen LogP contribution < -0.4 is 4.90 Å². The lowest BCUT2D eigenvalue weighted by molar-refractivity contribution is 0.631. The van der Waals surface area contributed by atoms with Crippen molar-refractivity contribution in [3.05, 3.63) is 152 Å². The van der Waals surface area contributed by atoms with Gasteiger partial charge in [0.15, 0.2) is 0 Å². The van der Waals surface area contributed by atoms with Gasteiger partial charge < -0.3 is 9.32 Å². The van der Waals surface area contributed by atoms with E-state index >= 15 is 0 Å². The first-order valence-electron chi connectivity index (χ1n) is 12.9. The van der Waals surface area contributed by atoms with E-state index in [4.69, 9.17) is 4.42 Å². The maximum Gasteiger partial charge on any atom is 0.135 e. The highest BCUT2D eigenvalue weighted by molar-refractivity contribution is 5.99. The zero-order valence-corrected chi connectivity index (χ0v) is 20.8. The Morgan fingerprint density at radius 1 is 0.421 bits per heavy atom. The molecule has 0 saturated heterocycles. The largest absolute Gasteiger partial charge is 0.456 e. The Morgan fingerprint density at radius 2 is 1.08 bits per heavy atom. The topological polar surface area (TPSA) is 16.4 Å². The number of nitrogens with zero attached hydrogens (tertiary/aromatic N) is 1. The monoisotopic (exact) mass is 487 g/mol. The predicted octanol–water partition coefficient (Wildman–Crippen LogP) is 10.4. The van der Waals surface area contributed by atoms with Crippen LogP contribution in [0.1, 0.15) is 0 Å². The van der Waals surface area contributed by atoms with Crippen molar-refractivity contribution in [2.24, 2.45) is 0 Å². The molecular weight excluding hydrogens is 462 g/mol. The van der Waals surface area contributed by atoms with Crippen LogP contribution >= 0.6 is 0 Å². The van der Waals surface area contributed by atoms with Crippen molar-refractivity contribution in [1.82, 2.24) is 0 Å². The van der Waals surface area contributed by atoms with Crippen molar-refractivity contribution in [2.45, 2.75) is 0 Å². The Balaban J connectivity index is 1.28. The first kappa shape index (κ1) is 22.1. The van der Waals surface area contributed by atoms with Gasteiger partial charge in [-0.3, -0.25) is 0 Å². The van der Waals surface area contributed by atoms with Crippen LogP contribution in [0.25, 0.3) is 44.2 Å². The smallest absolute Gasteiger partial charge is 0.135 e. The summed E-state index contributed by atoms with van der Waals surface area (Å²) in [4.78, 5) is 2.33. The molecule has 38 heavy (non-hydrogen) atoms. The summed E-state index contributed by atoms with van der Waals surface area (Å²) in [7, 11) is 0. The summed E-state index contributed by atoms with van der Waals surface area (Å²) in [5, 5.41) is 3.57. The minimum atomic E-state index is 0.885. The van der Waals surface area contributed by atoms with Gasteiger partial charge in [-0.2, -0.15) is 0 Å². The number of hydrogen-bond acceptors (Lipinski definition) is 2. The number of rotatable bonds is 5. The van der Waals surface area contributed by atoms with Crippen molar-refractivity contribution >= 4 is 38.8 Å². The molecule has 0 saturated carbocycles. The van der Waals surface area contributed by atoms with Gasteiger partial charge >= 0.3 is 0 Å². The molecule has 0 radical (unpaired) electrons. The van der Waals surface area contributed by atoms with Gasteiger partial charge in [0.05, 0.1) is 5.69 Å². The Bertz CT molecular complexity index is 1830. The minimum absolute atomic E-state index is 0.885. The summed E-state index contributed by atoms with van der Waals surface area (Å²) < 4.78 is 6.12. The molecule has 2 heteroatoms. The molecule has 0 amide bonds. The van der Waals surface area contributed by atoms with Gasteiger partial charge in [0.2, 0.25) is 0 Å². The van der Waals surface area contributed by atoms with Gasteiger partial charge in [-0.05, 0) is 65.0 Å². The molecule has 0 N–H and O–H groups in total. The number of anilines is 3. The second-order valence-electron chi connectivity index (χ2n) is 9.45. The first-order chi connectivity index (χ1) is 18.8. The Morgan fingerprint density at radius 3 is 1.92 bits per heavy atom. The number of fused-ring (bicyclic) bond motifs is 2. The van der Waals surface area contributed by atoms with Gasteiger partial charge in [-0.1, -0.05) is 103 Å². The Kier molecular flexibility index (Phi) is 5.49. The second kappa shape index (κ2) is 9.42. The van der Waals surface area contributed by atoms with E-state index in [1.54, 1.807) is 0 Å². The molecule has 6 aromatic carbocycles. The van der Waals surface area contributed by atoms with Crippen molar-refractivity contribution in [2.75, 3.05) is 4.90 Å². The van der Waals surface area contributed by atoms with Gasteiger partial charge in [0.1, 0.15) is 11.3 Å². The van der Waals surface area contributed by atoms with Gasteiger partial charge in [-0.15, -0.1) is 0 Å². The molecular formula is C36H25NO. The lowest BCUT2D eigenvalue weighted by Gasteiger charge is -2.27. The summed E-state index contributed by atoms with van der Waals surface area (Å²) in [6, 6.07) is 53.2. The molecule has 0 atom stereocenters. The van der Waals surface area contributed by atoms with E-state index in [2.05, 4.69) is 138 Å². The third kappa shape index (κ3) is 4.03. The first-order valence-corrected chi connectivity index (χ1v) is 12.9. The fraction of sp³-hybridized carbons (Fsp3) is 0. The molecule has 0 bridgehead atoms. The van der Waals surface area contributed by atoms with E-state index in [9.17, 15) is 0 Å². The highest BCUT2D eigenvalue weighted by Gasteiger charge is 2.15. The molecule has 7 aromatic rings. The van der Waals surface area contributed by atoms with Crippen LogP contribution in [0.15, 0.2) is 156 Å². The molecule has 0 aliphatic carbocycles. The van der Waals surface area contributed by atoms with Crippen LogP contribution in [0, 0.1) is 0 Å². The molecule has 1 heterocycles. The number of hydrogen-bond donors (Lipinski definition) is 0. The molecule has 2 nitrogen and oxygen atoms in total. The fourth-order valence-electron chi connectivity index (χ4n) is 5.19. The zero-order valence-electron chi connectivity index (χ0n) is 20.8. The van der Waals surface area contributed by atoms with Crippen molar-refractivity contribution < 1.29 is 4.42 Å². The van der Waals surface area contributed by atoms with Gasteiger partial charge in [0, 0.05) is 27.7 Å². The minimum Gasteiger partial charge on any atom is -0.456 e. The van der Waals surface area contributed by atoms with Crippen LogP contribution in [0.3, 0.4) is 0 Å². The highest BCUT2D eigenvalue weighted by atomic mass is 16.3.